The summed E-state index contributed by atoms with van der Waals surface area (Å²) in [5.74, 6) is -1.05. The standard InChI is InChI=1S/C24H16F3N7O3/c25-24(26,27)37-16-4-1-3-13(10-16)14-9-15(12-28-11-14)20(35)33-23-31-18-6-2-5-17(19(18)32-23)21(36)34-22-29-7-8-30-22/h1-12H,(H2,29,30,34,36)(H2,31,32,33,35). The van der Waals surface area contributed by atoms with Crippen LogP contribution in [0.3, 0.4) is 0 Å². The number of fused-ring (bicyclic) bond motifs is 1. The highest BCUT2D eigenvalue weighted by atomic mass is 19.4. The third-order valence-corrected chi connectivity index (χ3v) is 5.12. The van der Waals surface area contributed by atoms with Gasteiger partial charge in [-0.25, -0.2) is 9.97 Å². The molecule has 5 aromatic rings. The topological polar surface area (TPSA) is 138 Å². The average molecular weight is 507 g/mol. The van der Waals surface area contributed by atoms with Gasteiger partial charge >= 0.3 is 6.36 Å². The molecule has 2 amide bonds. The zero-order valence-corrected chi connectivity index (χ0v) is 18.6. The molecule has 0 fully saturated rings. The first kappa shape index (κ1) is 23.5. The number of amides is 2. The quantitative estimate of drug-likeness (QED) is 0.262. The largest absolute Gasteiger partial charge is 0.573 e. The van der Waals surface area contributed by atoms with Crippen molar-refractivity contribution in [3.05, 3.63) is 84.4 Å². The molecule has 186 valence electrons. The summed E-state index contributed by atoms with van der Waals surface area (Å²) < 4.78 is 41.6. The lowest BCUT2D eigenvalue weighted by molar-refractivity contribution is -0.274. The summed E-state index contributed by atoms with van der Waals surface area (Å²) in [5, 5.41) is 5.23. The second-order valence-corrected chi connectivity index (χ2v) is 7.67. The van der Waals surface area contributed by atoms with Crippen molar-refractivity contribution >= 4 is 34.7 Å². The minimum absolute atomic E-state index is 0.0872. The average Bonchev–Trinajstić information content (AvgIpc) is 3.52. The highest BCUT2D eigenvalue weighted by Crippen LogP contribution is 2.28. The second-order valence-electron chi connectivity index (χ2n) is 7.67. The van der Waals surface area contributed by atoms with Crippen LogP contribution < -0.4 is 15.4 Å². The Morgan fingerprint density at radius 3 is 2.51 bits per heavy atom. The molecule has 0 aliphatic heterocycles. The molecular formula is C24H16F3N7O3. The fourth-order valence-corrected chi connectivity index (χ4v) is 3.56. The lowest BCUT2D eigenvalue weighted by atomic mass is 10.1. The zero-order valence-electron chi connectivity index (χ0n) is 18.6. The lowest BCUT2D eigenvalue weighted by Gasteiger charge is -2.10. The normalized spacial score (nSPS) is 11.3. The maximum Gasteiger partial charge on any atom is 0.573 e. The Hall–Kier alpha value is -5.20. The van der Waals surface area contributed by atoms with E-state index in [1.165, 1.54) is 42.9 Å². The van der Waals surface area contributed by atoms with Gasteiger partial charge in [-0.05, 0) is 35.9 Å². The van der Waals surface area contributed by atoms with Gasteiger partial charge in [0.2, 0.25) is 11.9 Å². The first-order valence-electron chi connectivity index (χ1n) is 10.7. The van der Waals surface area contributed by atoms with E-state index >= 15 is 0 Å². The molecule has 37 heavy (non-hydrogen) atoms. The number of nitrogens with one attached hydrogen (secondary N) is 4. The molecule has 0 radical (unpaired) electrons. The van der Waals surface area contributed by atoms with E-state index < -0.39 is 23.9 Å². The second kappa shape index (κ2) is 9.45. The molecule has 4 N–H and O–H groups in total. The molecule has 0 saturated carbocycles. The summed E-state index contributed by atoms with van der Waals surface area (Å²) in [6.07, 6.45) is 0.948. The van der Waals surface area contributed by atoms with Gasteiger partial charge < -0.3 is 14.7 Å². The molecular weight excluding hydrogens is 491 g/mol. The lowest BCUT2D eigenvalue weighted by Crippen LogP contribution is -2.17. The number of halogens is 3. The van der Waals surface area contributed by atoms with Crippen molar-refractivity contribution in [2.75, 3.05) is 10.6 Å². The number of rotatable bonds is 6. The van der Waals surface area contributed by atoms with E-state index in [-0.39, 0.29) is 23.0 Å². The molecule has 0 unspecified atom stereocenters. The van der Waals surface area contributed by atoms with Gasteiger partial charge in [0.1, 0.15) is 11.3 Å². The molecule has 13 heteroatoms. The predicted octanol–water partition coefficient (Wildman–Crippen LogP) is 4.75. The number of alkyl halides is 3. The van der Waals surface area contributed by atoms with Gasteiger partial charge in [0, 0.05) is 30.4 Å². The summed E-state index contributed by atoms with van der Waals surface area (Å²) >= 11 is 0. The van der Waals surface area contributed by atoms with Crippen molar-refractivity contribution < 1.29 is 27.5 Å². The Balaban J connectivity index is 1.36. The number of ether oxygens (including phenoxy) is 1. The summed E-state index contributed by atoms with van der Waals surface area (Å²) in [6, 6.07) is 11.7. The Morgan fingerprint density at radius 2 is 1.73 bits per heavy atom. The Kier molecular flexibility index (Phi) is 6.01. The van der Waals surface area contributed by atoms with E-state index in [0.717, 1.165) is 0 Å². The van der Waals surface area contributed by atoms with Crippen molar-refractivity contribution in [2.45, 2.75) is 6.36 Å². The molecule has 10 nitrogen and oxygen atoms in total. The third-order valence-electron chi connectivity index (χ3n) is 5.12. The minimum atomic E-state index is -4.83. The summed E-state index contributed by atoms with van der Waals surface area (Å²) in [6.45, 7) is 0. The van der Waals surface area contributed by atoms with Crippen molar-refractivity contribution in [2.24, 2.45) is 0 Å². The number of benzene rings is 2. The number of para-hydroxylation sites is 1. The number of pyridine rings is 1. The van der Waals surface area contributed by atoms with Crippen LogP contribution in [0.15, 0.2) is 73.3 Å². The maximum absolute atomic E-state index is 12.9. The molecule has 0 atom stereocenters. The van der Waals surface area contributed by atoms with Crippen LogP contribution in [-0.4, -0.2) is 43.1 Å². The predicted molar refractivity (Wildman–Crippen MR) is 127 cm³/mol. The van der Waals surface area contributed by atoms with E-state index in [9.17, 15) is 22.8 Å². The Morgan fingerprint density at radius 1 is 0.919 bits per heavy atom. The van der Waals surface area contributed by atoms with Crippen molar-refractivity contribution in [1.82, 2.24) is 24.9 Å². The molecule has 0 spiro atoms. The van der Waals surface area contributed by atoms with E-state index in [2.05, 4.69) is 40.3 Å². The summed E-state index contributed by atoms with van der Waals surface area (Å²) in [5.41, 5.74) is 2.01. The van der Waals surface area contributed by atoms with Gasteiger partial charge in [-0.2, -0.15) is 0 Å². The van der Waals surface area contributed by atoms with E-state index in [0.29, 0.717) is 22.2 Å². The number of carbonyl (C=O) groups is 2. The number of carbonyl (C=O) groups excluding carboxylic acids is 2. The fourth-order valence-electron chi connectivity index (χ4n) is 3.56. The molecule has 3 heterocycles. The monoisotopic (exact) mass is 507 g/mol. The summed E-state index contributed by atoms with van der Waals surface area (Å²) in [4.78, 5) is 43.6. The molecule has 0 bridgehead atoms. The van der Waals surface area contributed by atoms with E-state index in [1.54, 1.807) is 30.5 Å². The Labute approximate surface area is 205 Å². The van der Waals surface area contributed by atoms with Gasteiger partial charge in [0.15, 0.2) is 0 Å². The fraction of sp³-hybridized carbons (Fsp3) is 0.0417. The van der Waals surface area contributed by atoms with Crippen LogP contribution in [0, 0.1) is 0 Å². The van der Waals surface area contributed by atoms with Crippen molar-refractivity contribution in [1.29, 1.82) is 0 Å². The smallest absolute Gasteiger partial charge is 0.406 e. The molecule has 2 aromatic carbocycles. The molecule has 3 aromatic heterocycles. The number of hydrogen-bond acceptors (Lipinski definition) is 6. The Bertz CT molecular complexity index is 1600. The van der Waals surface area contributed by atoms with Crippen LogP contribution in [-0.2, 0) is 0 Å². The number of hydrogen-bond donors (Lipinski definition) is 4. The third kappa shape index (κ3) is 5.40. The van der Waals surface area contributed by atoms with Crippen molar-refractivity contribution in [3.8, 4) is 16.9 Å². The molecule has 0 aliphatic carbocycles. The van der Waals surface area contributed by atoms with Gasteiger partial charge in [0.25, 0.3) is 11.8 Å². The highest BCUT2D eigenvalue weighted by molar-refractivity contribution is 6.11. The van der Waals surface area contributed by atoms with Gasteiger partial charge in [-0.15, -0.1) is 13.2 Å². The van der Waals surface area contributed by atoms with Crippen molar-refractivity contribution in [3.63, 3.8) is 0 Å². The molecule has 0 saturated heterocycles. The van der Waals surface area contributed by atoms with Crippen LogP contribution >= 0.6 is 0 Å². The number of anilines is 2. The molecule has 0 aliphatic rings. The van der Waals surface area contributed by atoms with Crippen LogP contribution in [0.2, 0.25) is 0 Å². The van der Waals surface area contributed by atoms with E-state index in [4.69, 9.17) is 0 Å². The van der Waals surface area contributed by atoms with Gasteiger partial charge in [-0.1, -0.05) is 18.2 Å². The zero-order chi connectivity index (χ0) is 26.0. The first-order valence-corrected chi connectivity index (χ1v) is 10.7. The van der Waals surface area contributed by atoms with Crippen LogP contribution in [0.25, 0.3) is 22.2 Å². The minimum Gasteiger partial charge on any atom is -0.406 e. The van der Waals surface area contributed by atoms with Gasteiger partial charge in [-0.3, -0.25) is 25.2 Å². The molecule has 5 rings (SSSR count). The van der Waals surface area contributed by atoms with Crippen LogP contribution in [0.4, 0.5) is 25.1 Å². The maximum atomic E-state index is 12.9. The first-order chi connectivity index (χ1) is 17.7. The number of nitrogens with zero attached hydrogens (tertiary/aromatic N) is 3. The number of aromatic nitrogens is 5. The highest BCUT2D eigenvalue weighted by Gasteiger charge is 2.31. The number of H-pyrrole nitrogens is 2. The number of imidazole rings is 2. The number of aromatic amines is 2. The van der Waals surface area contributed by atoms with E-state index in [1.807, 2.05) is 0 Å². The van der Waals surface area contributed by atoms with Crippen LogP contribution in [0.1, 0.15) is 20.7 Å². The SMILES string of the molecule is O=C(Nc1nc2c(C(=O)Nc3ncc[nH]3)cccc2[nH]1)c1cncc(-c2cccc(OC(F)(F)F)c2)c1. The van der Waals surface area contributed by atoms with Crippen LogP contribution in [0.5, 0.6) is 5.75 Å². The van der Waals surface area contributed by atoms with Gasteiger partial charge in [0.05, 0.1) is 16.6 Å². The summed E-state index contributed by atoms with van der Waals surface area (Å²) in [7, 11) is 0.